The van der Waals surface area contributed by atoms with E-state index in [1.165, 1.54) is 12.1 Å². The van der Waals surface area contributed by atoms with Crippen LogP contribution in [0.25, 0.3) is 0 Å². The largest absolute Gasteiger partial charge is 0.416 e. The first-order valence-corrected chi connectivity index (χ1v) is 6.08. The SMILES string of the molecule is CCC(O)CNCC(O)c1cccc(C(F)(F)F)c1. The van der Waals surface area contributed by atoms with E-state index in [9.17, 15) is 23.4 Å². The van der Waals surface area contributed by atoms with Gasteiger partial charge in [0.1, 0.15) is 0 Å². The maximum atomic E-state index is 12.5. The van der Waals surface area contributed by atoms with Gasteiger partial charge in [-0.1, -0.05) is 19.1 Å². The number of benzene rings is 1. The number of rotatable bonds is 6. The van der Waals surface area contributed by atoms with Crippen LogP contribution in [0.15, 0.2) is 24.3 Å². The van der Waals surface area contributed by atoms with E-state index in [1.807, 2.05) is 6.92 Å². The van der Waals surface area contributed by atoms with Crippen molar-refractivity contribution in [1.82, 2.24) is 5.32 Å². The van der Waals surface area contributed by atoms with Crippen molar-refractivity contribution >= 4 is 0 Å². The highest BCUT2D eigenvalue weighted by Gasteiger charge is 2.30. The van der Waals surface area contributed by atoms with Gasteiger partial charge >= 0.3 is 6.18 Å². The van der Waals surface area contributed by atoms with E-state index < -0.39 is 23.9 Å². The number of halogens is 3. The second-order valence-electron chi connectivity index (χ2n) is 4.36. The fourth-order valence-electron chi connectivity index (χ4n) is 1.57. The molecular weight excluding hydrogens is 259 g/mol. The molecule has 0 aliphatic heterocycles. The van der Waals surface area contributed by atoms with Crippen LogP contribution in [0.1, 0.15) is 30.6 Å². The molecule has 0 amide bonds. The molecule has 0 aromatic heterocycles. The second kappa shape index (κ2) is 6.88. The summed E-state index contributed by atoms with van der Waals surface area (Å²) in [5.74, 6) is 0. The Morgan fingerprint density at radius 2 is 1.89 bits per heavy atom. The summed E-state index contributed by atoms with van der Waals surface area (Å²) in [5, 5.41) is 21.9. The molecule has 1 rings (SSSR count). The molecule has 2 atom stereocenters. The minimum absolute atomic E-state index is 0.0956. The molecule has 0 aliphatic carbocycles. The molecule has 1 aromatic carbocycles. The van der Waals surface area contributed by atoms with Crippen LogP contribution in [0, 0.1) is 0 Å². The van der Waals surface area contributed by atoms with Crippen molar-refractivity contribution in [2.24, 2.45) is 0 Å². The van der Waals surface area contributed by atoms with Gasteiger partial charge in [-0.15, -0.1) is 0 Å². The van der Waals surface area contributed by atoms with Gasteiger partial charge in [-0.3, -0.25) is 0 Å². The minimum atomic E-state index is -4.42. The normalized spacial score (nSPS) is 15.3. The molecule has 2 unspecified atom stereocenters. The van der Waals surface area contributed by atoms with E-state index >= 15 is 0 Å². The van der Waals surface area contributed by atoms with Crippen LogP contribution >= 0.6 is 0 Å². The Labute approximate surface area is 110 Å². The molecule has 1 aromatic rings. The van der Waals surface area contributed by atoms with Gasteiger partial charge < -0.3 is 15.5 Å². The van der Waals surface area contributed by atoms with Crippen molar-refractivity contribution in [3.05, 3.63) is 35.4 Å². The fraction of sp³-hybridized carbons (Fsp3) is 0.538. The Morgan fingerprint density at radius 3 is 2.47 bits per heavy atom. The first-order chi connectivity index (χ1) is 8.84. The van der Waals surface area contributed by atoms with Crippen LogP contribution in [0.5, 0.6) is 0 Å². The Bertz CT molecular complexity index is 396. The van der Waals surface area contributed by atoms with E-state index in [-0.39, 0.29) is 12.1 Å². The quantitative estimate of drug-likeness (QED) is 0.746. The van der Waals surface area contributed by atoms with Crippen LogP contribution < -0.4 is 5.32 Å². The summed E-state index contributed by atoms with van der Waals surface area (Å²) >= 11 is 0. The monoisotopic (exact) mass is 277 g/mol. The van der Waals surface area contributed by atoms with Crippen molar-refractivity contribution in [3.63, 3.8) is 0 Å². The minimum Gasteiger partial charge on any atom is -0.392 e. The lowest BCUT2D eigenvalue weighted by Gasteiger charge is -2.15. The van der Waals surface area contributed by atoms with Crippen molar-refractivity contribution in [2.75, 3.05) is 13.1 Å². The molecule has 0 radical (unpaired) electrons. The summed E-state index contributed by atoms with van der Waals surface area (Å²) in [6.45, 7) is 2.21. The third-order valence-electron chi connectivity index (χ3n) is 2.79. The smallest absolute Gasteiger partial charge is 0.392 e. The van der Waals surface area contributed by atoms with E-state index in [0.717, 1.165) is 12.1 Å². The van der Waals surface area contributed by atoms with Crippen LogP contribution in [-0.4, -0.2) is 29.4 Å². The van der Waals surface area contributed by atoms with E-state index in [2.05, 4.69) is 5.32 Å². The molecule has 0 aliphatic rings. The Kier molecular flexibility index (Phi) is 5.78. The zero-order valence-electron chi connectivity index (χ0n) is 10.6. The Balaban J connectivity index is 2.60. The molecule has 3 N–H and O–H groups in total. The molecule has 0 fully saturated rings. The van der Waals surface area contributed by atoms with Gasteiger partial charge in [0, 0.05) is 13.1 Å². The first kappa shape index (κ1) is 15.9. The number of nitrogens with one attached hydrogen (secondary N) is 1. The van der Waals surface area contributed by atoms with Crippen molar-refractivity contribution in [3.8, 4) is 0 Å². The van der Waals surface area contributed by atoms with E-state index in [0.29, 0.717) is 13.0 Å². The van der Waals surface area contributed by atoms with Gasteiger partial charge in [0.2, 0.25) is 0 Å². The standard InChI is InChI=1S/C13H18F3NO2/c1-2-11(18)7-17-8-12(19)9-4-3-5-10(6-9)13(14,15)16/h3-6,11-12,17-19H,2,7-8H2,1H3. The Morgan fingerprint density at radius 1 is 1.21 bits per heavy atom. The second-order valence-corrected chi connectivity index (χ2v) is 4.36. The van der Waals surface area contributed by atoms with Gasteiger partial charge in [-0.25, -0.2) is 0 Å². The molecule has 108 valence electrons. The number of hydrogen-bond acceptors (Lipinski definition) is 3. The predicted octanol–water partition coefficient (Wildman–Crippen LogP) is 2.10. The van der Waals surface area contributed by atoms with Gasteiger partial charge in [-0.05, 0) is 24.1 Å². The number of aliphatic hydroxyl groups excluding tert-OH is 2. The highest BCUT2D eigenvalue weighted by molar-refractivity contribution is 5.27. The van der Waals surface area contributed by atoms with Gasteiger partial charge in [0.25, 0.3) is 0 Å². The highest BCUT2D eigenvalue weighted by atomic mass is 19.4. The Hall–Kier alpha value is -1.11. The maximum Gasteiger partial charge on any atom is 0.416 e. The van der Waals surface area contributed by atoms with Gasteiger partial charge in [0.15, 0.2) is 0 Å². The highest BCUT2D eigenvalue weighted by Crippen LogP contribution is 2.30. The summed E-state index contributed by atoms with van der Waals surface area (Å²) in [4.78, 5) is 0. The molecule has 0 saturated heterocycles. The average molecular weight is 277 g/mol. The molecule has 6 heteroatoms. The topological polar surface area (TPSA) is 52.5 Å². The number of alkyl halides is 3. The number of aliphatic hydroxyl groups is 2. The van der Waals surface area contributed by atoms with Crippen molar-refractivity contribution in [1.29, 1.82) is 0 Å². The average Bonchev–Trinajstić information content (AvgIpc) is 2.37. The number of hydrogen-bond donors (Lipinski definition) is 3. The summed E-state index contributed by atoms with van der Waals surface area (Å²) in [5.41, 5.74) is -0.578. The lowest BCUT2D eigenvalue weighted by molar-refractivity contribution is -0.137. The third-order valence-corrected chi connectivity index (χ3v) is 2.79. The summed E-state index contributed by atoms with van der Waals surface area (Å²) in [6.07, 6.45) is -5.39. The molecule has 0 spiro atoms. The molecule has 0 saturated carbocycles. The zero-order chi connectivity index (χ0) is 14.5. The molecule has 3 nitrogen and oxygen atoms in total. The van der Waals surface area contributed by atoms with Crippen LogP contribution in [-0.2, 0) is 6.18 Å². The van der Waals surface area contributed by atoms with Crippen molar-refractivity contribution in [2.45, 2.75) is 31.7 Å². The summed E-state index contributed by atoms with van der Waals surface area (Å²) < 4.78 is 37.5. The molecular formula is C13H18F3NO2. The van der Waals surface area contributed by atoms with Crippen molar-refractivity contribution < 1.29 is 23.4 Å². The molecule has 0 heterocycles. The lowest BCUT2D eigenvalue weighted by Crippen LogP contribution is -2.29. The summed E-state index contributed by atoms with van der Waals surface area (Å²) in [6, 6.07) is 4.60. The maximum absolute atomic E-state index is 12.5. The summed E-state index contributed by atoms with van der Waals surface area (Å²) in [7, 11) is 0. The van der Waals surface area contributed by atoms with E-state index in [1.54, 1.807) is 0 Å². The molecule has 19 heavy (non-hydrogen) atoms. The van der Waals surface area contributed by atoms with Crippen LogP contribution in [0.3, 0.4) is 0 Å². The van der Waals surface area contributed by atoms with Crippen LogP contribution in [0.4, 0.5) is 13.2 Å². The fourth-order valence-corrected chi connectivity index (χ4v) is 1.57. The van der Waals surface area contributed by atoms with Gasteiger partial charge in [-0.2, -0.15) is 13.2 Å². The van der Waals surface area contributed by atoms with Gasteiger partial charge in [0.05, 0.1) is 17.8 Å². The first-order valence-electron chi connectivity index (χ1n) is 6.08. The zero-order valence-corrected chi connectivity index (χ0v) is 10.6. The lowest BCUT2D eigenvalue weighted by atomic mass is 10.1. The van der Waals surface area contributed by atoms with E-state index in [4.69, 9.17) is 0 Å². The van der Waals surface area contributed by atoms with Crippen LogP contribution in [0.2, 0.25) is 0 Å². The third kappa shape index (κ3) is 5.18. The molecule has 0 bridgehead atoms. The predicted molar refractivity (Wildman–Crippen MR) is 65.6 cm³/mol.